The van der Waals surface area contributed by atoms with Crippen molar-refractivity contribution in [1.29, 1.82) is 0 Å². The smallest absolute Gasteiger partial charge is 0.133 e. The number of hydrogen-bond donors (Lipinski definition) is 0. The van der Waals surface area contributed by atoms with Crippen LogP contribution < -0.4 is 4.90 Å². The van der Waals surface area contributed by atoms with Crippen LogP contribution in [0.3, 0.4) is 0 Å². The average molecular weight is 316 g/mol. The third-order valence-corrected chi connectivity index (χ3v) is 4.74. The van der Waals surface area contributed by atoms with E-state index < -0.39 is 0 Å². The monoisotopic (exact) mass is 315 g/mol. The molecular weight excluding hydrogens is 298 g/mol. The van der Waals surface area contributed by atoms with E-state index in [0.717, 1.165) is 29.9 Å². The second kappa shape index (κ2) is 6.05. The van der Waals surface area contributed by atoms with Crippen LogP contribution in [0.2, 0.25) is 0 Å². The second-order valence-electron chi connectivity index (χ2n) is 4.42. The first-order valence-corrected chi connectivity index (χ1v) is 8.10. The quantitative estimate of drug-likeness (QED) is 0.486. The standard InChI is InChI=1S/C12H18BrN3S/c1-9(13)10-3-5-16(6-4-10)11-7-12(17-2)15-8-14-11/h7-10H,3-6H2,1-2H3. The highest BCUT2D eigenvalue weighted by Gasteiger charge is 2.23. The van der Waals surface area contributed by atoms with Crippen LogP contribution in [0.5, 0.6) is 0 Å². The van der Waals surface area contributed by atoms with Crippen molar-refractivity contribution in [3.63, 3.8) is 0 Å². The molecule has 1 unspecified atom stereocenters. The fraction of sp³-hybridized carbons (Fsp3) is 0.667. The number of thioether (sulfide) groups is 1. The number of piperidine rings is 1. The van der Waals surface area contributed by atoms with Gasteiger partial charge in [0.05, 0.1) is 0 Å². The lowest BCUT2D eigenvalue weighted by molar-refractivity contribution is 0.405. The minimum absolute atomic E-state index is 0.622. The van der Waals surface area contributed by atoms with Crippen LogP contribution in [-0.4, -0.2) is 34.1 Å². The Labute approximate surface area is 116 Å². The van der Waals surface area contributed by atoms with E-state index >= 15 is 0 Å². The van der Waals surface area contributed by atoms with E-state index in [-0.39, 0.29) is 0 Å². The van der Waals surface area contributed by atoms with E-state index in [2.05, 4.69) is 43.8 Å². The highest BCUT2D eigenvalue weighted by atomic mass is 79.9. The Hall–Kier alpha value is -0.290. The molecule has 2 heterocycles. The third-order valence-electron chi connectivity index (χ3n) is 3.35. The third kappa shape index (κ3) is 3.35. The summed E-state index contributed by atoms with van der Waals surface area (Å²) in [6.07, 6.45) is 6.20. The van der Waals surface area contributed by atoms with E-state index in [1.165, 1.54) is 12.8 Å². The molecule has 1 aliphatic heterocycles. The van der Waals surface area contributed by atoms with Gasteiger partial charge in [-0.05, 0) is 25.0 Å². The Kier molecular flexibility index (Phi) is 4.68. The number of halogens is 1. The van der Waals surface area contributed by atoms with E-state index in [0.29, 0.717) is 4.83 Å². The lowest BCUT2D eigenvalue weighted by atomic mass is 9.94. The topological polar surface area (TPSA) is 29.0 Å². The van der Waals surface area contributed by atoms with Crippen molar-refractivity contribution < 1.29 is 0 Å². The van der Waals surface area contributed by atoms with Gasteiger partial charge in [-0.15, -0.1) is 11.8 Å². The van der Waals surface area contributed by atoms with Gasteiger partial charge in [-0.2, -0.15) is 0 Å². The molecule has 0 aromatic carbocycles. The highest BCUT2D eigenvalue weighted by molar-refractivity contribution is 9.09. The molecule has 0 spiro atoms. The van der Waals surface area contributed by atoms with Gasteiger partial charge in [-0.1, -0.05) is 22.9 Å². The average Bonchev–Trinajstić information content (AvgIpc) is 2.39. The fourth-order valence-electron chi connectivity index (χ4n) is 2.20. The van der Waals surface area contributed by atoms with Crippen LogP contribution in [0, 0.1) is 5.92 Å². The maximum atomic E-state index is 4.37. The van der Waals surface area contributed by atoms with Gasteiger partial charge in [0.2, 0.25) is 0 Å². The largest absolute Gasteiger partial charge is 0.356 e. The zero-order valence-electron chi connectivity index (χ0n) is 10.3. The minimum Gasteiger partial charge on any atom is -0.356 e. The van der Waals surface area contributed by atoms with Crippen molar-refractivity contribution >= 4 is 33.5 Å². The fourth-order valence-corrected chi connectivity index (χ4v) is 3.11. The van der Waals surface area contributed by atoms with Gasteiger partial charge < -0.3 is 4.90 Å². The van der Waals surface area contributed by atoms with Crippen LogP contribution in [-0.2, 0) is 0 Å². The highest BCUT2D eigenvalue weighted by Crippen LogP contribution is 2.27. The van der Waals surface area contributed by atoms with Gasteiger partial charge >= 0.3 is 0 Å². The lowest BCUT2D eigenvalue weighted by Crippen LogP contribution is -2.36. The SMILES string of the molecule is CSc1cc(N2CCC(C(C)Br)CC2)ncn1. The summed E-state index contributed by atoms with van der Waals surface area (Å²) in [6.45, 7) is 4.45. The Balaban J connectivity index is 2.00. The Morgan fingerprint density at radius 2 is 2.12 bits per heavy atom. The normalized spacial score (nSPS) is 19.4. The first kappa shape index (κ1) is 13.1. The molecule has 0 radical (unpaired) electrons. The maximum Gasteiger partial charge on any atom is 0.133 e. The van der Waals surface area contributed by atoms with Gasteiger partial charge in [0.1, 0.15) is 17.2 Å². The molecule has 0 saturated carbocycles. The molecule has 0 amide bonds. The molecular formula is C12H18BrN3S. The number of hydrogen-bond acceptors (Lipinski definition) is 4. The number of anilines is 1. The Morgan fingerprint density at radius 1 is 1.41 bits per heavy atom. The van der Waals surface area contributed by atoms with Crippen LogP contribution >= 0.6 is 27.7 Å². The Bertz CT molecular complexity index is 365. The minimum atomic E-state index is 0.622. The van der Waals surface area contributed by atoms with Crippen LogP contribution in [0.25, 0.3) is 0 Å². The molecule has 1 fully saturated rings. The van der Waals surface area contributed by atoms with Gasteiger partial charge in [0.25, 0.3) is 0 Å². The molecule has 0 N–H and O–H groups in total. The second-order valence-corrected chi connectivity index (χ2v) is 6.69. The summed E-state index contributed by atoms with van der Waals surface area (Å²) in [6, 6.07) is 2.09. The lowest BCUT2D eigenvalue weighted by Gasteiger charge is -2.34. The number of alkyl halides is 1. The van der Waals surface area contributed by atoms with Crippen molar-refractivity contribution in [1.82, 2.24) is 9.97 Å². The summed E-state index contributed by atoms with van der Waals surface area (Å²) in [7, 11) is 0. The summed E-state index contributed by atoms with van der Waals surface area (Å²) in [4.78, 5) is 11.6. The number of nitrogens with zero attached hydrogens (tertiary/aromatic N) is 3. The zero-order valence-corrected chi connectivity index (χ0v) is 12.7. The summed E-state index contributed by atoms with van der Waals surface area (Å²) >= 11 is 5.35. The van der Waals surface area contributed by atoms with Crippen molar-refractivity contribution in [3.05, 3.63) is 12.4 Å². The van der Waals surface area contributed by atoms with Gasteiger partial charge in [-0.3, -0.25) is 0 Å². The number of aromatic nitrogens is 2. The molecule has 5 heteroatoms. The van der Waals surface area contributed by atoms with E-state index in [9.17, 15) is 0 Å². The summed E-state index contributed by atoms with van der Waals surface area (Å²) in [5.41, 5.74) is 0. The summed E-state index contributed by atoms with van der Waals surface area (Å²) in [5, 5.41) is 1.05. The van der Waals surface area contributed by atoms with Crippen molar-refractivity contribution in [2.75, 3.05) is 24.2 Å². The van der Waals surface area contributed by atoms with Gasteiger partial charge in [0.15, 0.2) is 0 Å². The predicted octanol–water partition coefficient (Wildman–Crippen LogP) is 3.20. The molecule has 1 saturated heterocycles. The van der Waals surface area contributed by atoms with Crippen molar-refractivity contribution in [2.45, 2.75) is 29.6 Å². The molecule has 0 bridgehead atoms. The van der Waals surface area contributed by atoms with Gasteiger partial charge in [0, 0.05) is 24.0 Å². The van der Waals surface area contributed by atoms with Crippen LogP contribution in [0.15, 0.2) is 17.4 Å². The zero-order chi connectivity index (χ0) is 12.3. The van der Waals surface area contributed by atoms with E-state index in [1.54, 1.807) is 18.1 Å². The molecule has 94 valence electrons. The molecule has 0 aliphatic carbocycles. The van der Waals surface area contributed by atoms with Gasteiger partial charge in [-0.25, -0.2) is 9.97 Å². The van der Waals surface area contributed by atoms with Crippen molar-refractivity contribution in [3.8, 4) is 0 Å². The first-order chi connectivity index (χ1) is 8.20. The van der Waals surface area contributed by atoms with Crippen LogP contribution in [0.1, 0.15) is 19.8 Å². The van der Waals surface area contributed by atoms with E-state index in [4.69, 9.17) is 0 Å². The maximum absolute atomic E-state index is 4.37. The molecule has 1 atom stereocenters. The molecule has 3 nitrogen and oxygen atoms in total. The first-order valence-electron chi connectivity index (χ1n) is 5.95. The molecule has 1 aliphatic rings. The molecule has 2 rings (SSSR count). The molecule has 1 aromatic heterocycles. The van der Waals surface area contributed by atoms with Crippen molar-refractivity contribution in [2.24, 2.45) is 5.92 Å². The van der Waals surface area contributed by atoms with Crippen LogP contribution in [0.4, 0.5) is 5.82 Å². The molecule has 17 heavy (non-hydrogen) atoms. The number of rotatable bonds is 3. The Morgan fingerprint density at radius 3 is 2.71 bits per heavy atom. The predicted molar refractivity (Wildman–Crippen MR) is 77.1 cm³/mol. The summed E-state index contributed by atoms with van der Waals surface area (Å²) in [5.74, 6) is 1.87. The summed E-state index contributed by atoms with van der Waals surface area (Å²) < 4.78 is 0. The molecule has 1 aromatic rings. The van der Waals surface area contributed by atoms with E-state index in [1.807, 2.05) is 6.26 Å².